The van der Waals surface area contributed by atoms with Gasteiger partial charge in [-0.25, -0.2) is 4.79 Å². The van der Waals surface area contributed by atoms with E-state index in [1.165, 1.54) is 0 Å². The number of aliphatic carboxylic acids is 1. The predicted octanol–water partition coefficient (Wildman–Crippen LogP) is 0.851. The van der Waals surface area contributed by atoms with Crippen molar-refractivity contribution in [3.05, 3.63) is 19.1 Å². The first-order chi connectivity index (χ1) is 3.18. The lowest BCUT2D eigenvalue weighted by Gasteiger charge is -1.83. The summed E-state index contributed by atoms with van der Waals surface area (Å²) in [5, 5.41) is 8.04. The molecule has 0 rings (SSSR count). The molecule has 0 aromatic rings. The molecule has 0 bridgehead atoms. The second-order valence-corrected chi connectivity index (χ2v) is 1.16. The van der Waals surface area contributed by atoms with Crippen LogP contribution in [0.1, 0.15) is 6.42 Å². The fourth-order valence-electron chi connectivity index (χ4n) is 0.107. The Labute approximate surface area is 42.5 Å². The van der Waals surface area contributed by atoms with Gasteiger partial charge in [-0.3, -0.25) is 0 Å². The molecular formula is C5H7O2+. The third kappa shape index (κ3) is 1.87. The molecule has 2 nitrogen and oxygen atoms in total. The van der Waals surface area contributed by atoms with Crippen LogP contribution in [0.2, 0.25) is 0 Å². The van der Waals surface area contributed by atoms with E-state index in [0.29, 0.717) is 0 Å². The van der Waals surface area contributed by atoms with Crippen molar-refractivity contribution < 1.29 is 9.90 Å². The maximum absolute atomic E-state index is 9.79. The molecular weight excluding hydrogens is 92.1 g/mol. The van der Waals surface area contributed by atoms with E-state index in [2.05, 4.69) is 13.5 Å². The second-order valence-electron chi connectivity index (χ2n) is 1.16. The third-order valence-electron chi connectivity index (χ3n) is 0.604. The van der Waals surface area contributed by atoms with Crippen molar-refractivity contribution in [3.8, 4) is 0 Å². The molecule has 7 heavy (non-hydrogen) atoms. The average Bonchev–Trinajstić information content (AvgIpc) is 1.65. The standard InChI is InChI=1S/C5H6O2/c1-3-4(2)5(6)7/h1-3H2/p+1. The Morgan fingerprint density at radius 3 is 2.29 bits per heavy atom. The summed E-state index contributed by atoms with van der Waals surface area (Å²) in [6, 6.07) is 0. The SMILES string of the molecule is C=C(C[CH2+])C(=O)O. The van der Waals surface area contributed by atoms with Gasteiger partial charge in [0, 0.05) is 0 Å². The molecule has 0 aliphatic heterocycles. The summed E-state index contributed by atoms with van der Waals surface area (Å²) in [4.78, 5) is 9.79. The molecule has 0 fully saturated rings. The van der Waals surface area contributed by atoms with Gasteiger partial charge in [0.1, 0.15) is 6.42 Å². The summed E-state index contributed by atoms with van der Waals surface area (Å²) >= 11 is 0. The minimum atomic E-state index is -0.963. The van der Waals surface area contributed by atoms with E-state index in [1.807, 2.05) is 0 Å². The number of hydrogen-bond donors (Lipinski definition) is 1. The number of rotatable bonds is 2. The third-order valence-corrected chi connectivity index (χ3v) is 0.604. The zero-order valence-corrected chi connectivity index (χ0v) is 3.98. The number of carboxylic acids is 1. The lowest BCUT2D eigenvalue weighted by atomic mass is 10.2. The summed E-state index contributed by atoms with van der Waals surface area (Å²) in [6.45, 7) is 6.54. The van der Waals surface area contributed by atoms with E-state index in [4.69, 9.17) is 5.11 Å². The lowest BCUT2D eigenvalue weighted by molar-refractivity contribution is -0.132. The van der Waals surface area contributed by atoms with Crippen LogP contribution >= 0.6 is 0 Å². The van der Waals surface area contributed by atoms with Crippen LogP contribution < -0.4 is 0 Å². The zero-order chi connectivity index (χ0) is 5.86. The highest BCUT2D eigenvalue weighted by atomic mass is 16.4. The molecule has 0 unspecified atom stereocenters. The smallest absolute Gasteiger partial charge is 0.335 e. The fraction of sp³-hybridized carbons (Fsp3) is 0.200. The number of carbonyl (C=O) groups is 1. The van der Waals surface area contributed by atoms with Gasteiger partial charge >= 0.3 is 5.97 Å². The highest BCUT2D eigenvalue weighted by Crippen LogP contribution is 1.92. The van der Waals surface area contributed by atoms with Crippen molar-refractivity contribution >= 4 is 5.97 Å². The van der Waals surface area contributed by atoms with E-state index < -0.39 is 5.97 Å². The van der Waals surface area contributed by atoms with Crippen molar-refractivity contribution in [2.45, 2.75) is 6.42 Å². The van der Waals surface area contributed by atoms with Gasteiger partial charge in [-0.05, 0) is 0 Å². The van der Waals surface area contributed by atoms with Crippen LogP contribution in [0.3, 0.4) is 0 Å². The van der Waals surface area contributed by atoms with Crippen molar-refractivity contribution in [3.63, 3.8) is 0 Å². The molecule has 0 saturated heterocycles. The normalized spacial score (nSPS) is 8.00. The summed E-state index contributed by atoms with van der Waals surface area (Å²) in [5.41, 5.74) is 0.153. The van der Waals surface area contributed by atoms with Gasteiger partial charge in [-0.15, -0.1) is 0 Å². The van der Waals surface area contributed by atoms with Gasteiger partial charge < -0.3 is 5.11 Å². The van der Waals surface area contributed by atoms with E-state index in [9.17, 15) is 4.79 Å². The largest absolute Gasteiger partial charge is 0.478 e. The van der Waals surface area contributed by atoms with E-state index >= 15 is 0 Å². The van der Waals surface area contributed by atoms with Crippen molar-refractivity contribution in [1.82, 2.24) is 0 Å². The summed E-state index contributed by atoms with van der Waals surface area (Å²) < 4.78 is 0. The molecule has 0 aliphatic rings. The minimum Gasteiger partial charge on any atom is -0.478 e. The molecule has 0 spiro atoms. The van der Waals surface area contributed by atoms with Gasteiger partial charge in [-0.1, -0.05) is 6.58 Å². The van der Waals surface area contributed by atoms with Gasteiger partial charge in [0.25, 0.3) is 0 Å². The summed E-state index contributed by atoms with van der Waals surface area (Å²) in [7, 11) is 0. The maximum atomic E-state index is 9.79. The summed E-state index contributed by atoms with van der Waals surface area (Å²) in [6.07, 6.45) is 0.273. The van der Waals surface area contributed by atoms with Crippen LogP contribution in [0, 0.1) is 6.92 Å². The first-order valence-electron chi connectivity index (χ1n) is 1.88. The molecule has 0 aromatic heterocycles. The van der Waals surface area contributed by atoms with E-state index in [1.54, 1.807) is 0 Å². The predicted molar refractivity (Wildman–Crippen MR) is 26.7 cm³/mol. The Balaban J connectivity index is 3.58. The van der Waals surface area contributed by atoms with Crippen LogP contribution in [-0.4, -0.2) is 11.1 Å². The van der Waals surface area contributed by atoms with Gasteiger partial charge in [0.05, 0.1) is 12.5 Å². The van der Waals surface area contributed by atoms with Gasteiger partial charge in [0.15, 0.2) is 0 Å². The summed E-state index contributed by atoms with van der Waals surface area (Å²) in [5.74, 6) is -0.963. The monoisotopic (exact) mass is 99.0 g/mol. The molecule has 1 N–H and O–H groups in total. The van der Waals surface area contributed by atoms with Crippen LogP contribution in [0.5, 0.6) is 0 Å². The van der Waals surface area contributed by atoms with Crippen LogP contribution in [0.15, 0.2) is 12.2 Å². The van der Waals surface area contributed by atoms with Crippen LogP contribution in [-0.2, 0) is 4.79 Å². The maximum Gasteiger partial charge on any atom is 0.335 e. The molecule has 0 radical (unpaired) electrons. The average molecular weight is 99.1 g/mol. The Bertz CT molecular complexity index is 94.3. The molecule has 0 heterocycles. The Hall–Kier alpha value is -0.920. The molecule has 38 valence electrons. The van der Waals surface area contributed by atoms with Crippen molar-refractivity contribution in [2.75, 3.05) is 0 Å². The van der Waals surface area contributed by atoms with E-state index in [-0.39, 0.29) is 12.0 Å². The molecule has 0 aliphatic carbocycles. The van der Waals surface area contributed by atoms with Gasteiger partial charge in [-0.2, -0.15) is 0 Å². The molecule has 0 amide bonds. The van der Waals surface area contributed by atoms with Crippen LogP contribution in [0.4, 0.5) is 0 Å². The van der Waals surface area contributed by atoms with Crippen molar-refractivity contribution in [1.29, 1.82) is 0 Å². The quantitative estimate of drug-likeness (QED) is 0.411. The number of carboxylic acid groups (broad SMARTS) is 1. The minimum absolute atomic E-state index is 0.153. The Morgan fingerprint density at radius 1 is 1.86 bits per heavy atom. The first-order valence-corrected chi connectivity index (χ1v) is 1.88. The topological polar surface area (TPSA) is 37.3 Å². The second kappa shape index (κ2) is 2.29. The Morgan fingerprint density at radius 2 is 2.29 bits per heavy atom. The molecule has 0 saturated carbocycles. The van der Waals surface area contributed by atoms with Crippen LogP contribution in [0.25, 0.3) is 0 Å². The van der Waals surface area contributed by atoms with Crippen molar-refractivity contribution in [2.24, 2.45) is 0 Å². The lowest BCUT2D eigenvalue weighted by Crippen LogP contribution is -1.95. The molecule has 2 heteroatoms. The Kier molecular flexibility index (Phi) is 1.99. The molecule has 0 atom stereocenters. The highest BCUT2D eigenvalue weighted by Gasteiger charge is 2.01. The highest BCUT2D eigenvalue weighted by molar-refractivity contribution is 5.85. The van der Waals surface area contributed by atoms with Gasteiger partial charge in [0.2, 0.25) is 0 Å². The molecule has 0 aromatic carbocycles. The fourth-order valence-corrected chi connectivity index (χ4v) is 0.107. The van der Waals surface area contributed by atoms with E-state index in [0.717, 1.165) is 0 Å². The number of hydrogen-bond acceptors (Lipinski definition) is 1. The zero-order valence-electron chi connectivity index (χ0n) is 3.98. The first kappa shape index (κ1) is 6.08.